The lowest BCUT2D eigenvalue weighted by Crippen LogP contribution is -2.25. The molecule has 0 unspecified atom stereocenters. The van der Waals surface area contributed by atoms with Crippen molar-refractivity contribution in [1.82, 2.24) is 14.5 Å². The zero-order valence-corrected chi connectivity index (χ0v) is 15.3. The van der Waals surface area contributed by atoms with Gasteiger partial charge in [-0.25, -0.2) is 17.8 Å². The smallest absolute Gasteiger partial charge is 0.241 e. The SMILES string of the molecule is Cc1cc(C)c(S(=O)(=O)NCc2cccc(-n3cccn3)c2)c(C)c1. The second-order valence-electron chi connectivity index (χ2n) is 6.17. The van der Waals surface area contributed by atoms with E-state index in [0.29, 0.717) is 4.90 Å². The minimum Gasteiger partial charge on any atom is -0.241 e. The molecule has 0 saturated heterocycles. The first-order valence-electron chi connectivity index (χ1n) is 8.03. The quantitative estimate of drug-likeness (QED) is 0.764. The maximum absolute atomic E-state index is 12.7. The highest BCUT2D eigenvalue weighted by atomic mass is 32.2. The highest BCUT2D eigenvalue weighted by molar-refractivity contribution is 7.89. The standard InChI is InChI=1S/C19H21N3O2S/c1-14-10-15(2)19(16(3)11-14)25(23,24)21-13-17-6-4-7-18(12-17)22-9-5-8-20-22/h4-12,21H,13H2,1-3H3. The molecule has 0 bridgehead atoms. The number of benzene rings is 2. The van der Waals surface area contributed by atoms with Crippen LogP contribution in [0.25, 0.3) is 5.69 Å². The zero-order valence-electron chi connectivity index (χ0n) is 14.5. The first kappa shape index (κ1) is 17.4. The van der Waals surface area contributed by atoms with Crippen molar-refractivity contribution in [2.45, 2.75) is 32.2 Å². The Morgan fingerprint density at radius 1 is 1.04 bits per heavy atom. The van der Waals surface area contributed by atoms with E-state index < -0.39 is 10.0 Å². The van der Waals surface area contributed by atoms with Crippen molar-refractivity contribution in [1.29, 1.82) is 0 Å². The molecule has 3 aromatic rings. The van der Waals surface area contributed by atoms with E-state index in [1.54, 1.807) is 10.9 Å². The molecule has 0 aliphatic rings. The van der Waals surface area contributed by atoms with Crippen LogP contribution in [0.2, 0.25) is 0 Å². The molecular formula is C19H21N3O2S. The van der Waals surface area contributed by atoms with Crippen LogP contribution in [0.15, 0.2) is 59.8 Å². The average Bonchev–Trinajstić information content (AvgIpc) is 3.06. The Kier molecular flexibility index (Phi) is 4.74. The summed E-state index contributed by atoms with van der Waals surface area (Å²) in [6.45, 7) is 5.84. The van der Waals surface area contributed by atoms with Gasteiger partial charge in [-0.2, -0.15) is 5.10 Å². The van der Waals surface area contributed by atoms with Gasteiger partial charge in [0.1, 0.15) is 0 Å². The van der Waals surface area contributed by atoms with Gasteiger partial charge in [-0.05, 0) is 55.7 Å². The van der Waals surface area contributed by atoms with Gasteiger partial charge >= 0.3 is 0 Å². The first-order valence-corrected chi connectivity index (χ1v) is 9.51. The zero-order chi connectivity index (χ0) is 18.0. The van der Waals surface area contributed by atoms with Gasteiger partial charge < -0.3 is 0 Å². The van der Waals surface area contributed by atoms with E-state index in [2.05, 4.69) is 9.82 Å². The fourth-order valence-electron chi connectivity index (χ4n) is 3.07. The lowest BCUT2D eigenvalue weighted by atomic mass is 10.1. The minimum atomic E-state index is -3.58. The number of aryl methyl sites for hydroxylation is 3. The van der Waals surface area contributed by atoms with Crippen molar-refractivity contribution >= 4 is 10.0 Å². The Bertz CT molecular complexity index is 970. The molecule has 3 rings (SSSR count). The van der Waals surface area contributed by atoms with Gasteiger partial charge in [0, 0.05) is 18.9 Å². The lowest BCUT2D eigenvalue weighted by Gasteiger charge is -2.13. The van der Waals surface area contributed by atoms with Crippen molar-refractivity contribution in [3.8, 4) is 5.69 Å². The first-order chi connectivity index (χ1) is 11.9. The summed E-state index contributed by atoms with van der Waals surface area (Å²) < 4.78 is 29.9. The highest BCUT2D eigenvalue weighted by Gasteiger charge is 2.19. The van der Waals surface area contributed by atoms with Gasteiger partial charge in [0.25, 0.3) is 0 Å². The number of hydrogen-bond donors (Lipinski definition) is 1. The van der Waals surface area contributed by atoms with E-state index in [0.717, 1.165) is 27.9 Å². The van der Waals surface area contributed by atoms with Crippen LogP contribution in [-0.4, -0.2) is 18.2 Å². The van der Waals surface area contributed by atoms with Crippen LogP contribution < -0.4 is 4.72 Å². The van der Waals surface area contributed by atoms with Crippen LogP contribution >= 0.6 is 0 Å². The number of aromatic nitrogens is 2. The number of sulfonamides is 1. The van der Waals surface area contributed by atoms with Crippen molar-refractivity contribution in [2.24, 2.45) is 0 Å². The fourth-order valence-corrected chi connectivity index (χ4v) is 4.54. The van der Waals surface area contributed by atoms with Crippen LogP contribution in [0, 0.1) is 20.8 Å². The summed E-state index contributed by atoms with van der Waals surface area (Å²) in [6.07, 6.45) is 3.56. The Balaban J connectivity index is 1.83. The maximum atomic E-state index is 12.7. The normalized spacial score (nSPS) is 11.6. The van der Waals surface area contributed by atoms with Gasteiger partial charge in [-0.15, -0.1) is 0 Å². The average molecular weight is 355 g/mol. The molecule has 1 heterocycles. The minimum absolute atomic E-state index is 0.226. The summed E-state index contributed by atoms with van der Waals surface area (Å²) >= 11 is 0. The molecule has 6 heteroatoms. The van der Waals surface area contributed by atoms with Crippen molar-refractivity contribution in [2.75, 3.05) is 0 Å². The molecule has 0 fully saturated rings. The summed E-state index contributed by atoms with van der Waals surface area (Å²) in [5.74, 6) is 0. The summed E-state index contributed by atoms with van der Waals surface area (Å²) in [4.78, 5) is 0.362. The molecular weight excluding hydrogens is 334 g/mol. The summed E-state index contributed by atoms with van der Waals surface area (Å²) in [5.41, 5.74) is 4.34. The Morgan fingerprint density at radius 2 is 1.76 bits per heavy atom. The molecule has 1 N–H and O–H groups in total. The van der Waals surface area contributed by atoms with Crippen molar-refractivity contribution < 1.29 is 8.42 Å². The Morgan fingerprint density at radius 3 is 2.40 bits per heavy atom. The molecule has 25 heavy (non-hydrogen) atoms. The van der Waals surface area contributed by atoms with E-state index in [1.807, 2.05) is 69.4 Å². The molecule has 130 valence electrons. The molecule has 0 radical (unpaired) electrons. The molecule has 2 aromatic carbocycles. The van der Waals surface area contributed by atoms with E-state index in [-0.39, 0.29) is 6.54 Å². The van der Waals surface area contributed by atoms with Crippen LogP contribution in [0.3, 0.4) is 0 Å². The number of nitrogens with zero attached hydrogens (tertiary/aromatic N) is 2. The van der Waals surface area contributed by atoms with Gasteiger partial charge in [-0.1, -0.05) is 29.8 Å². The molecule has 0 atom stereocenters. The third-order valence-corrected chi connectivity index (χ3v) is 5.73. The van der Waals surface area contributed by atoms with Crippen LogP contribution in [0.1, 0.15) is 22.3 Å². The Labute approximate surface area is 148 Å². The van der Waals surface area contributed by atoms with Crippen molar-refractivity contribution in [3.63, 3.8) is 0 Å². The Hall–Kier alpha value is -2.44. The molecule has 0 aliphatic heterocycles. The summed E-state index contributed by atoms with van der Waals surface area (Å²) in [7, 11) is -3.58. The molecule has 0 saturated carbocycles. The fraction of sp³-hybridized carbons (Fsp3) is 0.211. The molecule has 0 spiro atoms. The van der Waals surface area contributed by atoms with E-state index in [4.69, 9.17) is 0 Å². The second kappa shape index (κ2) is 6.82. The third kappa shape index (κ3) is 3.81. The van der Waals surface area contributed by atoms with Crippen LogP contribution in [-0.2, 0) is 16.6 Å². The monoisotopic (exact) mass is 355 g/mol. The van der Waals surface area contributed by atoms with Crippen molar-refractivity contribution in [3.05, 3.63) is 77.1 Å². The molecule has 1 aromatic heterocycles. The lowest BCUT2D eigenvalue weighted by molar-refractivity contribution is 0.580. The highest BCUT2D eigenvalue weighted by Crippen LogP contribution is 2.22. The topological polar surface area (TPSA) is 64.0 Å². The van der Waals surface area contributed by atoms with Gasteiger partial charge in [-0.3, -0.25) is 0 Å². The molecule has 0 aliphatic carbocycles. The van der Waals surface area contributed by atoms with Crippen LogP contribution in [0.5, 0.6) is 0 Å². The van der Waals surface area contributed by atoms with E-state index >= 15 is 0 Å². The summed E-state index contributed by atoms with van der Waals surface area (Å²) in [6, 6.07) is 13.3. The third-order valence-electron chi connectivity index (χ3n) is 4.02. The largest absolute Gasteiger partial charge is 0.241 e. The maximum Gasteiger partial charge on any atom is 0.241 e. The predicted octanol–water partition coefficient (Wildman–Crippen LogP) is 3.28. The number of rotatable bonds is 5. The van der Waals surface area contributed by atoms with E-state index in [9.17, 15) is 8.42 Å². The predicted molar refractivity (Wildman–Crippen MR) is 98.2 cm³/mol. The van der Waals surface area contributed by atoms with Crippen LogP contribution in [0.4, 0.5) is 0 Å². The van der Waals surface area contributed by atoms with Gasteiger partial charge in [0.15, 0.2) is 0 Å². The van der Waals surface area contributed by atoms with Gasteiger partial charge in [0.05, 0.1) is 10.6 Å². The second-order valence-corrected chi connectivity index (χ2v) is 7.88. The van der Waals surface area contributed by atoms with E-state index in [1.165, 1.54) is 0 Å². The number of hydrogen-bond acceptors (Lipinski definition) is 3. The van der Waals surface area contributed by atoms with Gasteiger partial charge in [0.2, 0.25) is 10.0 Å². The summed E-state index contributed by atoms with van der Waals surface area (Å²) in [5, 5.41) is 4.19. The molecule has 0 amide bonds. The number of nitrogens with one attached hydrogen (secondary N) is 1. The molecule has 5 nitrogen and oxygen atoms in total.